The zero-order chi connectivity index (χ0) is 16.9. The summed E-state index contributed by atoms with van der Waals surface area (Å²) in [6, 6.07) is 12.9. The van der Waals surface area contributed by atoms with E-state index in [4.69, 9.17) is 0 Å². The molecule has 3 N–H and O–H groups in total. The second-order valence-corrected chi connectivity index (χ2v) is 5.10. The van der Waals surface area contributed by atoms with E-state index in [2.05, 4.69) is 20.9 Å². The van der Waals surface area contributed by atoms with Crippen LogP contribution in [-0.2, 0) is 6.42 Å². The molecule has 0 bridgehead atoms. The average Bonchev–Trinajstić information content (AvgIpc) is 3.29. The molecule has 7 nitrogen and oxygen atoms in total. The molecule has 122 valence electrons. The Morgan fingerprint density at radius 2 is 1.83 bits per heavy atom. The van der Waals surface area contributed by atoms with Gasteiger partial charge in [0.05, 0.1) is 23.1 Å². The van der Waals surface area contributed by atoms with Crippen molar-refractivity contribution in [2.24, 2.45) is 0 Å². The quantitative estimate of drug-likeness (QED) is 0.640. The monoisotopic (exact) mass is 323 g/mol. The largest absolute Gasteiger partial charge is 0.357 e. The van der Waals surface area contributed by atoms with Crippen LogP contribution in [0.3, 0.4) is 0 Å². The zero-order valence-corrected chi connectivity index (χ0v) is 13.1. The maximum Gasteiger partial charge on any atom is 0.286 e. The van der Waals surface area contributed by atoms with Gasteiger partial charge in [0.1, 0.15) is 5.69 Å². The first-order valence-electron chi connectivity index (χ1n) is 7.57. The number of hydrazine groups is 1. The Bertz CT molecular complexity index is 837. The summed E-state index contributed by atoms with van der Waals surface area (Å²) in [5.41, 5.74) is 7.23. The van der Waals surface area contributed by atoms with Gasteiger partial charge in [-0.3, -0.25) is 20.4 Å². The molecule has 0 atom stereocenters. The standard InChI is InChI=1S/C17H17N5O2/c1-2-15-13(11-19-22(15)12-7-4-3-5-8-12)16(23)20-21-17(24)14-9-6-10-18-14/h3-11,18H,2H2,1H3,(H,20,23)(H,21,24). The van der Waals surface area contributed by atoms with Gasteiger partial charge < -0.3 is 4.98 Å². The van der Waals surface area contributed by atoms with E-state index < -0.39 is 11.8 Å². The van der Waals surface area contributed by atoms with Crippen molar-refractivity contribution in [2.75, 3.05) is 0 Å². The Morgan fingerprint density at radius 1 is 1.08 bits per heavy atom. The van der Waals surface area contributed by atoms with Gasteiger partial charge in [0.25, 0.3) is 11.8 Å². The van der Waals surface area contributed by atoms with E-state index >= 15 is 0 Å². The molecule has 0 saturated carbocycles. The molecule has 2 amide bonds. The minimum atomic E-state index is -0.415. The van der Waals surface area contributed by atoms with Crippen LogP contribution in [0.4, 0.5) is 0 Å². The first kappa shape index (κ1) is 15.5. The van der Waals surface area contributed by atoms with Crippen LogP contribution in [0.5, 0.6) is 0 Å². The molecule has 2 heterocycles. The van der Waals surface area contributed by atoms with Gasteiger partial charge in [-0.1, -0.05) is 25.1 Å². The van der Waals surface area contributed by atoms with Crippen LogP contribution in [0.1, 0.15) is 33.5 Å². The van der Waals surface area contributed by atoms with Crippen LogP contribution >= 0.6 is 0 Å². The van der Waals surface area contributed by atoms with Crippen LogP contribution in [0, 0.1) is 0 Å². The Morgan fingerprint density at radius 3 is 2.50 bits per heavy atom. The van der Waals surface area contributed by atoms with Crippen molar-refractivity contribution < 1.29 is 9.59 Å². The normalized spacial score (nSPS) is 10.4. The lowest BCUT2D eigenvalue weighted by Crippen LogP contribution is -2.42. The predicted octanol–water partition coefficient (Wildman–Crippen LogP) is 1.84. The first-order chi connectivity index (χ1) is 11.7. The number of benzene rings is 1. The van der Waals surface area contributed by atoms with Gasteiger partial charge in [-0.05, 0) is 30.7 Å². The molecular formula is C17H17N5O2. The maximum atomic E-state index is 12.4. The van der Waals surface area contributed by atoms with Crippen molar-refractivity contribution in [3.05, 3.63) is 71.8 Å². The summed E-state index contributed by atoms with van der Waals surface area (Å²) >= 11 is 0. The highest BCUT2D eigenvalue weighted by Gasteiger charge is 2.18. The molecule has 7 heteroatoms. The smallest absolute Gasteiger partial charge is 0.286 e. The highest BCUT2D eigenvalue weighted by molar-refractivity contribution is 5.98. The summed E-state index contributed by atoms with van der Waals surface area (Å²) in [5, 5.41) is 4.29. The van der Waals surface area contributed by atoms with Crippen LogP contribution in [0.15, 0.2) is 54.9 Å². The van der Waals surface area contributed by atoms with Gasteiger partial charge in [-0.15, -0.1) is 0 Å². The molecule has 0 spiro atoms. The van der Waals surface area contributed by atoms with Gasteiger partial charge in [-0.25, -0.2) is 4.68 Å². The molecule has 0 aliphatic carbocycles. The van der Waals surface area contributed by atoms with Crippen LogP contribution in [0.25, 0.3) is 5.69 Å². The summed E-state index contributed by atoms with van der Waals surface area (Å²) in [4.78, 5) is 27.0. The number of amides is 2. The lowest BCUT2D eigenvalue weighted by atomic mass is 10.2. The Balaban J connectivity index is 1.76. The van der Waals surface area contributed by atoms with E-state index in [9.17, 15) is 9.59 Å². The number of nitrogens with one attached hydrogen (secondary N) is 3. The van der Waals surface area contributed by atoms with E-state index in [1.165, 1.54) is 6.20 Å². The van der Waals surface area contributed by atoms with Gasteiger partial charge in [-0.2, -0.15) is 5.10 Å². The Kier molecular flexibility index (Phi) is 4.42. The predicted molar refractivity (Wildman–Crippen MR) is 88.7 cm³/mol. The van der Waals surface area contributed by atoms with E-state index in [-0.39, 0.29) is 0 Å². The second kappa shape index (κ2) is 6.82. The lowest BCUT2D eigenvalue weighted by Gasteiger charge is -2.09. The number of hydrogen-bond donors (Lipinski definition) is 3. The number of H-pyrrole nitrogens is 1. The Labute approximate surface area is 138 Å². The fourth-order valence-electron chi connectivity index (χ4n) is 2.42. The average molecular weight is 323 g/mol. The van der Waals surface area contributed by atoms with Gasteiger partial charge in [0.15, 0.2) is 0 Å². The zero-order valence-electron chi connectivity index (χ0n) is 13.1. The van der Waals surface area contributed by atoms with E-state index in [1.54, 1.807) is 23.0 Å². The number of para-hydroxylation sites is 1. The van der Waals surface area contributed by atoms with Crippen LogP contribution in [-0.4, -0.2) is 26.6 Å². The molecule has 2 aromatic heterocycles. The minimum Gasteiger partial charge on any atom is -0.357 e. The summed E-state index contributed by atoms with van der Waals surface area (Å²) in [6.45, 7) is 1.95. The number of carbonyl (C=O) groups excluding carboxylic acids is 2. The fraction of sp³-hybridized carbons (Fsp3) is 0.118. The van der Waals surface area contributed by atoms with Crippen molar-refractivity contribution in [3.63, 3.8) is 0 Å². The van der Waals surface area contributed by atoms with Crippen LogP contribution < -0.4 is 10.9 Å². The highest BCUT2D eigenvalue weighted by atomic mass is 16.2. The third-order valence-corrected chi connectivity index (χ3v) is 3.58. The summed E-state index contributed by atoms with van der Waals surface area (Å²) in [5.74, 6) is -0.823. The van der Waals surface area contributed by atoms with E-state index in [1.807, 2.05) is 37.3 Å². The van der Waals surface area contributed by atoms with E-state index in [0.717, 1.165) is 11.4 Å². The minimum absolute atomic E-state index is 0.367. The van der Waals surface area contributed by atoms with Gasteiger partial charge in [0.2, 0.25) is 0 Å². The molecule has 24 heavy (non-hydrogen) atoms. The highest BCUT2D eigenvalue weighted by Crippen LogP contribution is 2.15. The van der Waals surface area contributed by atoms with Crippen molar-refractivity contribution in [1.82, 2.24) is 25.6 Å². The fourth-order valence-corrected chi connectivity index (χ4v) is 2.42. The molecule has 0 aliphatic heterocycles. The van der Waals surface area contributed by atoms with Gasteiger partial charge >= 0.3 is 0 Å². The molecule has 0 unspecified atom stereocenters. The van der Waals surface area contributed by atoms with Crippen molar-refractivity contribution >= 4 is 11.8 Å². The van der Waals surface area contributed by atoms with Crippen molar-refractivity contribution in [3.8, 4) is 5.69 Å². The molecule has 3 rings (SSSR count). The maximum absolute atomic E-state index is 12.4. The Hall–Kier alpha value is -3.35. The number of aromatic amines is 1. The number of nitrogens with zero attached hydrogens (tertiary/aromatic N) is 2. The number of carbonyl (C=O) groups is 2. The second-order valence-electron chi connectivity index (χ2n) is 5.10. The van der Waals surface area contributed by atoms with Gasteiger partial charge in [0, 0.05) is 6.20 Å². The molecule has 0 radical (unpaired) electrons. The van der Waals surface area contributed by atoms with Crippen molar-refractivity contribution in [2.45, 2.75) is 13.3 Å². The number of hydrogen-bond acceptors (Lipinski definition) is 3. The topological polar surface area (TPSA) is 91.8 Å². The molecule has 0 fully saturated rings. The summed E-state index contributed by atoms with van der Waals surface area (Å²) in [7, 11) is 0. The molecule has 0 aliphatic rings. The SMILES string of the molecule is CCc1c(C(=O)NNC(=O)c2ccc[nH]2)cnn1-c1ccccc1. The molecule has 0 saturated heterocycles. The van der Waals surface area contributed by atoms with Crippen LogP contribution in [0.2, 0.25) is 0 Å². The molecule has 3 aromatic rings. The number of aromatic nitrogens is 3. The molecular weight excluding hydrogens is 306 g/mol. The summed E-state index contributed by atoms with van der Waals surface area (Å²) in [6.07, 6.45) is 3.76. The summed E-state index contributed by atoms with van der Waals surface area (Å²) < 4.78 is 1.72. The third kappa shape index (κ3) is 3.05. The van der Waals surface area contributed by atoms with E-state index in [0.29, 0.717) is 17.7 Å². The number of rotatable bonds is 4. The van der Waals surface area contributed by atoms with Crippen molar-refractivity contribution in [1.29, 1.82) is 0 Å². The third-order valence-electron chi connectivity index (χ3n) is 3.58. The lowest BCUT2D eigenvalue weighted by molar-refractivity contribution is 0.0843. The first-order valence-corrected chi connectivity index (χ1v) is 7.57. The molecule has 1 aromatic carbocycles.